The molecule has 0 radical (unpaired) electrons. The van der Waals surface area contributed by atoms with E-state index in [2.05, 4.69) is 168 Å². The van der Waals surface area contributed by atoms with Crippen LogP contribution in [0.2, 0.25) is 0 Å². The van der Waals surface area contributed by atoms with Crippen molar-refractivity contribution in [3.05, 3.63) is 299 Å². The molecule has 6 heterocycles. The lowest BCUT2D eigenvalue weighted by Crippen LogP contribution is -2.09. The Hall–Kier alpha value is -10.6. The first-order valence-electron chi connectivity index (χ1n) is 30.8. The van der Waals surface area contributed by atoms with Gasteiger partial charge in [0.2, 0.25) is 0 Å². The van der Waals surface area contributed by atoms with Crippen LogP contribution >= 0.6 is 68.0 Å². The fourth-order valence-corrected chi connectivity index (χ4v) is 18.2. The standard InChI is InChI=1S/C80H58N4O6S6/c1-7-10-11-59-44-65(47-68(83-6)52-16-22-58(23-17-52)80(89)90)93-77(59)74-41-38-71(96-74)55-28-34-62(35-29-55)84(60-30-24-53(25-31-60)69-36-39-72(94-69)75-48(8-2)42-63(91-75)45-66(81-4)50-12-18-56(19-13-50)78(85)86)61-32-26-54(27-33-61)70-37-40-73(95-70)76-49(9-3)43-64(92-76)46-67(82-5)51-14-20-57(21-15-51)79(87)88/h12-47H,7-11H2,1-3H3,(H,85,86)(H,87,88)(H,89,90)/b66-45-,67-46-,68-47-. The maximum atomic E-state index is 11.5. The van der Waals surface area contributed by atoms with Crippen molar-refractivity contribution in [1.82, 2.24) is 0 Å². The summed E-state index contributed by atoms with van der Waals surface area (Å²) >= 11 is 10.2. The Morgan fingerprint density at radius 1 is 0.365 bits per heavy atom. The maximum Gasteiger partial charge on any atom is 0.335 e. The van der Waals surface area contributed by atoms with E-state index in [1.165, 1.54) is 58.0 Å². The van der Waals surface area contributed by atoms with Gasteiger partial charge in [-0.3, -0.25) is 0 Å². The average Bonchev–Trinajstić information content (AvgIpc) is 1.74. The number of hydrogen-bond donors (Lipinski definition) is 3. The lowest BCUT2D eigenvalue weighted by atomic mass is 10.1. The zero-order valence-electron chi connectivity index (χ0n) is 52.1. The van der Waals surface area contributed by atoms with E-state index >= 15 is 0 Å². The van der Waals surface area contributed by atoms with Crippen molar-refractivity contribution in [3.63, 3.8) is 0 Å². The van der Waals surface area contributed by atoms with E-state index in [-0.39, 0.29) is 16.7 Å². The van der Waals surface area contributed by atoms with Crippen LogP contribution in [0.1, 0.15) is 113 Å². The Morgan fingerprint density at radius 2 is 0.635 bits per heavy atom. The second kappa shape index (κ2) is 29.4. The van der Waals surface area contributed by atoms with Crippen LogP contribution in [0.4, 0.5) is 17.1 Å². The summed E-state index contributed by atoms with van der Waals surface area (Å²) in [6.07, 6.45) is 10.3. The Kier molecular flexibility index (Phi) is 20.0. The molecular formula is C80H58N4O6S6. The van der Waals surface area contributed by atoms with Gasteiger partial charge in [0.1, 0.15) is 0 Å². The minimum Gasteiger partial charge on any atom is -0.478 e. The van der Waals surface area contributed by atoms with Crippen molar-refractivity contribution in [3.8, 4) is 60.6 Å². The van der Waals surface area contributed by atoms with Crippen molar-refractivity contribution in [2.45, 2.75) is 52.9 Å². The maximum absolute atomic E-state index is 11.5. The van der Waals surface area contributed by atoms with Crippen molar-refractivity contribution in [1.29, 1.82) is 0 Å². The van der Waals surface area contributed by atoms with Crippen LogP contribution in [-0.4, -0.2) is 33.2 Å². The third-order valence-electron chi connectivity index (χ3n) is 16.2. The van der Waals surface area contributed by atoms with Gasteiger partial charge in [0.15, 0.2) is 17.1 Å². The molecule has 0 aliphatic rings. The minimum atomic E-state index is -1.01. The van der Waals surface area contributed by atoms with Gasteiger partial charge < -0.3 is 20.2 Å². The van der Waals surface area contributed by atoms with Gasteiger partial charge in [-0.25, -0.2) is 28.9 Å². The third-order valence-corrected chi connectivity index (χ3v) is 23.6. The van der Waals surface area contributed by atoms with Crippen molar-refractivity contribution >= 4 is 138 Å². The van der Waals surface area contributed by atoms with Gasteiger partial charge in [-0.1, -0.05) is 100.0 Å². The highest BCUT2D eigenvalue weighted by molar-refractivity contribution is 7.25. The lowest BCUT2D eigenvalue weighted by molar-refractivity contribution is 0.0686. The number of benzene rings is 6. The molecule has 0 amide bonds. The van der Waals surface area contributed by atoms with Gasteiger partial charge in [-0.05, 0) is 221 Å². The Morgan fingerprint density at radius 3 is 0.906 bits per heavy atom. The molecule has 6 aromatic carbocycles. The van der Waals surface area contributed by atoms with Crippen LogP contribution in [-0.2, 0) is 19.3 Å². The number of rotatable bonds is 23. The molecule has 12 rings (SSSR count). The largest absolute Gasteiger partial charge is 0.478 e. The van der Waals surface area contributed by atoms with Gasteiger partial charge in [-0.15, -0.1) is 68.0 Å². The number of carbonyl (C=O) groups is 3. The van der Waals surface area contributed by atoms with Crippen LogP contribution in [0.15, 0.2) is 200 Å². The Balaban J connectivity index is 0.839. The quantitative estimate of drug-likeness (QED) is 0.0544. The SMILES string of the molecule is [C-]#[N+]/C(=C\c1cc(CC)c(-c2ccc(-c3ccc(N(c4ccc(-c5ccc(-c6sc(/C=C(\[N+]#[C-])c7ccc(C(=O)O)cc7)cc6CC)s5)cc4)c4ccc(-c5ccc(-c6sc(/C=C(\[N+]#[C-])c7ccc(C(=O)O)cc7)cc6CCCC)s5)cc4)cc3)s2)s1)c1ccc(C(=O)O)cc1. The summed E-state index contributed by atoms with van der Waals surface area (Å²) in [5.74, 6) is -3.02. The third kappa shape index (κ3) is 14.4. The van der Waals surface area contributed by atoms with E-state index in [1.807, 2.05) is 18.2 Å². The van der Waals surface area contributed by atoms with E-state index in [1.54, 1.807) is 104 Å². The highest BCUT2D eigenvalue weighted by Gasteiger charge is 2.21. The molecule has 0 spiro atoms. The average molecular weight is 1360 g/mol. The summed E-state index contributed by atoms with van der Waals surface area (Å²) in [7, 11) is 0. The van der Waals surface area contributed by atoms with Crippen molar-refractivity contribution in [2.75, 3.05) is 4.90 Å². The fourth-order valence-electron chi connectivity index (χ4n) is 11.2. The molecule has 0 aliphatic heterocycles. The lowest BCUT2D eigenvalue weighted by Gasteiger charge is -2.26. The van der Waals surface area contributed by atoms with E-state index in [4.69, 9.17) is 19.7 Å². The zero-order chi connectivity index (χ0) is 67.0. The van der Waals surface area contributed by atoms with Crippen molar-refractivity contribution < 1.29 is 29.7 Å². The normalized spacial score (nSPS) is 11.7. The first-order valence-corrected chi connectivity index (χ1v) is 35.7. The van der Waals surface area contributed by atoms with Crippen LogP contribution in [0.25, 0.3) is 110 Å². The number of anilines is 3. The first-order chi connectivity index (χ1) is 46.7. The van der Waals surface area contributed by atoms with E-state index < -0.39 is 17.9 Å². The smallest absolute Gasteiger partial charge is 0.335 e. The molecule has 12 aromatic rings. The number of unbranched alkanes of at least 4 members (excludes halogenated alkanes) is 1. The topological polar surface area (TPSA) is 128 Å². The number of hydrogen-bond acceptors (Lipinski definition) is 10. The van der Waals surface area contributed by atoms with E-state index in [9.17, 15) is 29.7 Å². The molecule has 3 N–H and O–H groups in total. The van der Waals surface area contributed by atoms with Crippen LogP contribution in [0, 0.1) is 19.7 Å². The predicted molar refractivity (Wildman–Crippen MR) is 402 cm³/mol. The number of aromatic carboxylic acids is 3. The van der Waals surface area contributed by atoms with Crippen molar-refractivity contribution in [2.24, 2.45) is 0 Å². The molecule has 0 saturated carbocycles. The second-order valence-corrected chi connectivity index (χ2v) is 28.9. The van der Waals surface area contributed by atoms with Gasteiger partial charge in [0.25, 0.3) is 0 Å². The summed E-state index contributed by atoms with van der Waals surface area (Å²) in [6, 6.07) is 65.0. The molecule has 16 heteroatoms. The summed E-state index contributed by atoms with van der Waals surface area (Å²) in [5, 5.41) is 28.3. The minimum absolute atomic E-state index is 0.174. The second-order valence-electron chi connectivity index (χ2n) is 22.4. The van der Waals surface area contributed by atoms with Gasteiger partial charge >= 0.3 is 17.9 Å². The highest BCUT2D eigenvalue weighted by Crippen LogP contribution is 2.47. The number of carboxylic acid groups (broad SMARTS) is 3. The molecule has 96 heavy (non-hydrogen) atoms. The van der Waals surface area contributed by atoms with Crippen LogP contribution in [0.5, 0.6) is 0 Å². The number of thiophene rings is 6. The Bertz CT molecular complexity index is 4900. The Labute approximate surface area is 581 Å². The zero-order valence-corrected chi connectivity index (χ0v) is 57.0. The molecule has 0 saturated heterocycles. The predicted octanol–water partition coefficient (Wildman–Crippen LogP) is 24.3. The van der Waals surface area contributed by atoms with Gasteiger partial charge in [0, 0.05) is 75.6 Å². The molecule has 470 valence electrons. The molecule has 0 unspecified atom stereocenters. The summed E-state index contributed by atoms with van der Waals surface area (Å²) in [6.45, 7) is 30.4. The molecule has 0 fully saturated rings. The van der Waals surface area contributed by atoms with Crippen LogP contribution < -0.4 is 4.90 Å². The molecule has 0 atom stereocenters. The molecule has 0 aliphatic carbocycles. The fraction of sp³-hybridized carbons (Fsp3) is 0.100. The van der Waals surface area contributed by atoms with E-state index in [0.29, 0.717) is 33.8 Å². The van der Waals surface area contributed by atoms with E-state index in [0.717, 1.165) is 120 Å². The number of nitrogens with zero attached hydrogens (tertiary/aromatic N) is 4. The number of carboxylic acids is 3. The summed E-state index contributed by atoms with van der Waals surface area (Å²) in [4.78, 5) is 61.5. The molecular weight excluding hydrogens is 1310 g/mol. The molecule has 6 aromatic heterocycles. The molecule has 0 bridgehead atoms. The molecule has 10 nitrogen and oxygen atoms in total. The summed E-state index contributed by atoms with van der Waals surface area (Å²) in [5.41, 5.74) is 13.7. The van der Waals surface area contributed by atoms with Crippen LogP contribution in [0.3, 0.4) is 0 Å². The van der Waals surface area contributed by atoms with Gasteiger partial charge in [0.05, 0.1) is 36.4 Å². The highest BCUT2D eigenvalue weighted by atomic mass is 32.1. The number of aryl methyl sites for hydroxylation is 3. The first kappa shape index (κ1) is 65.5. The summed E-state index contributed by atoms with van der Waals surface area (Å²) < 4.78 is 0. The monoisotopic (exact) mass is 1360 g/mol. The van der Waals surface area contributed by atoms with Gasteiger partial charge in [-0.2, -0.15) is 0 Å².